The fourth-order valence-corrected chi connectivity index (χ4v) is 2.89. The van der Waals surface area contributed by atoms with Crippen LogP contribution in [-0.4, -0.2) is 41.2 Å². The van der Waals surface area contributed by atoms with E-state index in [1.165, 1.54) is 4.90 Å². The van der Waals surface area contributed by atoms with Gasteiger partial charge in [-0.2, -0.15) is 4.98 Å². The average Bonchev–Trinajstić information content (AvgIpc) is 3.21. The first-order valence-electron chi connectivity index (χ1n) is 9.15. The summed E-state index contributed by atoms with van der Waals surface area (Å²) in [7, 11) is 3.27. The van der Waals surface area contributed by atoms with Gasteiger partial charge in [0.15, 0.2) is 6.10 Å². The van der Waals surface area contributed by atoms with Crippen LogP contribution in [0.2, 0.25) is 5.02 Å². The van der Waals surface area contributed by atoms with Crippen LogP contribution in [0.25, 0.3) is 11.4 Å². The number of carbonyl (C=O) groups is 1. The summed E-state index contributed by atoms with van der Waals surface area (Å²) in [5.41, 5.74) is 0.795. The number of hydrogen-bond acceptors (Lipinski definition) is 6. The maximum atomic E-state index is 12.8. The molecule has 1 atom stereocenters. The quantitative estimate of drug-likeness (QED) is 0.548. The number of methoxy groups -OCH3 is 1. The van der Waals surface area contributed by atoms with Gasteiger partial charge >= 0.3 is 0 Å². The lowest BCUT2D eigenvalue weighted by Crippen LogP contribution is -2.39. The van der Waals surface area contributed by atoms with Crippen LogP contribution in [0.3, 0.4) is 0 Å². The number of benzene rings is 2. The Kier molecular flexibility index (Phi) is 6.72. The molecule has 7 nitrogen and oxygen atoms in total. The van der Waals surface area contributed by atoms with Crippen molar-refractivity contribution in [3.8, 4) is 22.9 Å². The zero-order chi connectivity index (χ0) is 20.8. The molecule has 0 aliphatic heterocycles. The van der Waals surface area contributed by atoms with Crippen molar-refractivity contribution in [1.29, 1.82) is 0 Å². The van der Waals surface area contributed by atoms with E-state index in [1.54, 1.807) is 38.4 Å². The number of halogens is 1. The number of ether oxygens (including phenoxy) is 2. The van der Waals surface area contributed by atoms with Crippen LogP contribution < -0.4 is 9.47 Å². The summed E-state index contributed by atoms with van der Waals surface area (Å²) >= 11 is 6.13. The lowest BCUT2D eigenvalue weighted by atomic mass is 10.2. The lowest BCUT2D eigenvalue weighted by molar-refractivity contribution is -0.138. The number of amides is 1. The monoisotopic (exact) mass is 415 g/mol. The smallest absolute Gasteiger partial charge is 0.263 e. The maximum absolute atomic E-state index is 12.8. The fraction of sp³-hybridized carbons (Fsp3) is 0.286. The molecule has 1 aromatic heterocycles. The number of carbonyl (C=O) groups excluding carboxylic acids is 1. The molecule has 0 saturated heterocycles. The van der Waals surface area contributed by atoms with E-state index in [1.807, 2.05) is 31.2 Å². The lowest BCUT2D eigenvalue weighted by Gasteiger charge is -2.23. The number of likely N-dealkylation sites (N-methyl/N-ethyl adjacent to an activating group) is 1. The number of para-hydroxylation sites is 1. The highest BCUT2D eigenvalue weighted by Crippen LogP contribution is 2.25. The summed E-state index contributed by atoms with van der Waals surface area (Å²) in [5.74, 6) is 1.80. The van der Waals surface area contributed by atoms with E-state index in [0.717, 1.165) is 11.3 Å². The normalized spacial score (nSPS) is 11.7. The van der Waals surface area contributed by atoms with Gasteiger partial charge in [0.05, 0.1) is 18.7 Å². The van der Waals surface area contributed by atoms with Gasteiger partial charge in [-0.25, -0.2) is 0 Å². The van der Waals surface area contributed by atoms with E-state index in [0.29, 0.717) is 28.9 Å². The first-order chi connectivity index (χ1) is 14.0. The molecule has 1 unspecified atom stereocenters. The number of hydrogen-bond donors (Lipinski definition) is 0. The minimum atomic E-state index is -0.663. The van der Waals surface area contributed by atoms with Gasteiger partial charge in [0.25, 0.3) is 5.91 Å². The Morgan fingerprint density at radius 2 is 1.93 bits per heavy atom. The van der Waals surface area contributed by atoms with Crippen LogP contribution in [-0.2, 0) is 11.3 Å². The Morgan fingerprint density at radius 1 is 1.21 bits per heavy atom. The number of nitrogens with zero attached hydrogens (tertiary/aromatic N) is 3. The van der Waals surface area contributed by atoms with Gasteiger partial charge in [0.2, 0.25) is 11.7 Å². The van der Waals surface area contributed by atoms with Gasteiger partial charge in [0, 0.05) is 12.6 Å². The second-order valence-corrected chi connectivity index (χ2v) is 6.79. The standard InChI is InChI=1S/C21H22ClN3O4/c1-4-17(28-18-8-6-5-7-16(18)22)21(26)25(2)13-19-23-20(24-29-19)14-9-11-15(27-3)12-10-14/h5-12,17H,4,13H2,1-3H3. The number of rotatable bonds is 8. The van der Waals surface area contributed by atoms with E-state index in [4.69, 9.17) is 25.6 Å². The number of aromatic nitrogens is 2. The Balaban J connectivity index is 1.65. The van der Waals surface area contributed by atoms with Crippen molar-refractivity contribution >= 4 is 17.5 Å². The van der Waals surface area contributed by atoms with Gasteiger partial charge in [-0.3, -0.25) is 4.79 Å². The minimum absolute atomic E-state index is 0.171. The summed E-state index contributed by atoms with van der Waals surface area (Å²) in [5, 5.41) is 4.45. The first-order valence-corrected chi connectivity index (χ1v) is 9.52. The van der Waals surface area contributed by atoms with Crippen molar-refractivity contribution in [2.24, 2.45) is 0 Å². The van der Waals surface area contributed by atoms with Crippen LogP contribution >= 0.6 is 11.6 Å². The van der Waals surface area contributed by atoms with Crippen LogP contribution in [0, 0.1) is 0 Å². The first kappa shape index (κ1) is 20.7. The summed E-state index contributed by atoms with van der Waals surface area (Å²) in [6.45, 7) is 2.05. The fourth-order valence-electron chi connectivity index (χ4n) is 2.70. The summed E-state index contributed by atoms with van der Waals surface area (Å²) in [4.78, 5) is 18.7. The zero-order valence-electron chi connectivity index (χ0n) is 16.5. The Hall–Kier alpha value is -3.06. The van der Waals surface area contributed by atoms with E-state index in [9.17, 15) is 4.79 Å². The highest BCUT2D eigenvalue weighted by Gasteiger charge is 2.24. The molecule has 0 aliphatic rings. The molecule has 2 aromatic carbocycles. The molecule has 0 spiro atoms. The van der Waals surface area contributed by atoms with Gasteiger partial charge < -0.3 is 18.9 Å². The van der Waals surface area contributed by atoms with Crippen LogP contribution in [0.15, 0.2) is 53.1 Å². The molecule has 1 heterocycles. The van der Waals surface area contributed by atoms with E-state index < -0.39 is 6.10 Å². The van der Waals surface area contributed by atoms with Crippen LogP contribution in [0.4, 0.5) is 0 Å². The summed E-state index contributed by atoms with van der Waals surface area (Å²) < 4.78 is 16.3. The predicted molar refractivity (Wildman–Crippen MR) is 109 cm³/mol. The molecule has 0 bridgehead atoms. The van der Waals surface area contributed by atoms with Crippen molar-refractivity contribution < 1.29 is 18.8 Å². The Morgan fingerprint density at radius 3 is 2.59 bits per heavy atom. The molecule has 3 aromatic rings. The molecular weight excluding hydrogens is 394 g/mol. The molecule has 0 aliphatic carbocycles. The molecule has 1 amide bonds. The highest BCUT2D eigenvalue weighted by atomic mass is 35.5. The van der Waals surface area contributed by atoms with Crippen molar-refractivity contribution in [3.63, 3.8) is 0 Å². The second-order valence-electron chi connectivity index (χ2n) is 6.38. The van der Waals surface area contributed by atoms with Gasteiger partial charge in [-0.1, -0.05) is 35.8 Å². The topological polar surface area (TPSA) is 77.7 Å². The third-order valence-corrected chi connectivity index (χ3v) is 4.63. The summed E-state index contributed by atoms with van der Waals surface area (Å²) in [6.07, 6.45) is -0.168. The molecular formula is C21H22ClN3O4. The molecule has 0 fully saturated rings. The molecule has 0 radical (unpaired) electrons. The SMILES string of the molecule is CCC(Oc1ccccc1Cl)C(=O)N(C)Cc1nc(-c2ccc(OC)cc2)no1. The Bertz CT molecular complexity index is 959. The Labute approximate surface area is 174 Å². The van der Waals surface area contributed by atoms with E-state index >= 15 is 0 Å². The van der Waals surface area contributed by atoms with Crippen LogP contribution in [0.1, 0.15) is 19.2 Å². The molecule has 29 heavy (non-hydrogen) atoms. The van der Waals surface area contributed by atoms with Crippen molar-refractivity contribution in [3.05, 3.63) is 59.4 Å². The third-order valence-electron chi connectivity index (χ3n) is 4.32. The van der Waals surface area contributed by atoms with Crippen molar-refractivity contribution in [2.45, 2.75) is 26.0 Å². The second kappa shape index (κ2) is 9.43. The predicted octanol–water partition coefficient (Wildman–Crippen LogP) is 4.21. The summed E-state index contributed by atoms with van der Waals surface area (Å²) in [6, 6.07) is 14.4. The van der Waals surface area contributed by atoms with Crippen molar-refractivity contribution in [1.82, 2.24) is 15.0 Å². The minimum Gasteiger partial charge on any atom is -0.497 e. The van der Waals surface area contributed by atoms with Gasteiger partial charge in [-0.15, -0.1) is 0 Å². The average molecular weight is 416 g/mol. The van der Waals surface area contributed by atoms with E-state index in [2.05, 4.69) is 10.1 Å². The van der Waals surface area contributed by atoms with Crippen molar-refractivity contribution in [2.75, 3.05) is 14.2 Å². The molecule has 0 N–H and O–H groups in total. The molecule has 0 saturated carbocycles. The maximum Gasteiger partial charge on any atom is 0.263 e. The third kappa shape index (κ3) is 5.06. The van der Waals surface area contributed by atoms with Crippen LogP contribution in [0.5, 0.6) is 11.5 Å². The molecule has 152 valence electrons. The van der Waals surface area contributed by atoms with Gasteiger partial charge in [-0.05, 0) is 42.8 Å². The highest BCUT2D eigenvalue weighted by molar-refractivity contribution is 6.32. The zero-order valence-corrected chi connectivity index (χ0v) is 17.2. The molecule has 3 rings (SSSR count). The van der Waals surface area contributed by atoms with E-state index in [-0.39, 0.29) is 12.5 Å². The largest absolute Gasteiger partial charge is 0.497 e. The molecule has 8 heteroatoms. The van der Waals surface area contributed by atoms with Gasteiger partial charge in [0.1, 0.15) is 11.5 Å².